The molecule has 1 atom stereocenters. The Morgan fingerprint density at radius 2 is 1.60 bits per heavy atom. The van der Waals surface area contributed by atoms with Gasteiger partial charge >= 0.3 is 0 Å². The molecule has 3 aromatic rings. The third-order valence-corrected chi connectivity index (χ3v) is 8.12. The molecule has 0 unspecified atom stereocenters. The molecular formula is C30H35Cl2N3O6S. The molecule has 42 heavy (non-hydrogen) atoms. The van der Waals surface area contributed by atoms with Crippen LogP contribution in [0.4, 0.5) is 5.69 Å². The highest BCUT2D eigenvalue weighted by Gasteiger charge is 2.34. The summed E-state index contributed by atoms with van der Waals surface area (Å²) in [6, 6.07) is 17.5. The van der Waals surface area contributed by atoms with Crippen LogP contribution in [-0.4, -0.2) is 64.2 Å². The molecule has 0 aliphatic rings. The highest BCUT2D eigenvalue weighted by molar-refractivity contribution is 7.92. The molecule has 226 valence electrons. The second-order valence-electron chi connectivity index (χ2n) is 9.94. The van der Waals surface area contributed by atoms with E-state index in [0.29, 0.717) is 27.1 Å². The maximum Gasteiger partial charge on any atom is 0.244 e. The fourth-order valence-corrected chi connectivity index (χ4v) is 5.67. The van der Waals surface area contributed by atoms with Crippen LogP contribution in [0.3, 0.4) is 0 Å². The van der Waals surface area contributed by atoms with Crippen LogP contribution in [0.5, 0.6) is 11.5 Å². The lowest BCUT2D eigenvalue weighted by molar-refractivity contribution is -0.140. The van der Waals surface area contributed by atoms with Crippen LogP contribution in [-0.2, 0) is 32.6 Å². The van der Waals surface area contributed by atoms with Crippen LogP contribution < -0.4 is 19.1 Å². The molecular weight excluding hydrogens is 601 g/mol. The molecule has 3 rings (SSSR count). The van der Waals surface area contributed by atoms with Crippen molar-refractivity contribution in [2.24, 2.45) is 0 Å². The number of benzene rings is 3. The van der Waals surface area contributed by atoms with E-state index in [1.807, 2.05) is 44.2 Å². The van der Waals surface area contributed by atoms with Crippen LogP contribution in [0.2, 0.25) is 10.0 Å². The van der Waals surface area contributed by atoms with E-state index in [2.05, 4.69) is 5.32 Å². The van der Waals surface area contributed by atoms with Gasteiger partial charge < -0.3 is 19.7 Å². The number of hydrogen-bond donors (Lipinski definition) is 1. The van der Waals surface area contributed by atoms with Gasteiger partial charge in [-0.3, -0.25) is 13.9 Å². The summed E-state index contributed by atoms with van der Waals surface area (Å²) >= 11 is 12.6. The Balaban J connectivity index is 2.10. The molecule has 0 spiro atoms. The summed E-state index contributed by atoms with van der Waals surface area (Å²) in [6.07, 6.45) is 1.19. The number of carbonyl (C=O) groups is 2. The molecule has 0 bridgehead atoms. The minimum absolute atomic E-state index is 0.0681. The Hall–Kier alpha value is -3.47. The monoisotopic (exact) mass is 635 g/mol. The smallest absolute Gasteiger partial charge is 0.244 e. The number of methoxy groups -OCH3 is 2. The first-order valence-corrected chi connectivity index (χ1v) is 15.7. The van der Waals surface area contributed by atoms with Crippen molar-refractivity contribution in [2.45, 2.75) is 38.9 Å². The Morgan fingerprint density at radius 1 is 0.929 bits per heavy atom. The molecule has 0 fully saturated rings. The third-order valence-electron chi connectivity index (χ3n) is 6.39. The second kappa shape index (κ2) is 14.6. The number of nitrogens with one attached hydrogen (secondary N) is 1. The van der Waals surface area contributed by atoms with E-state index in [1.54, 1.807) is 24.3 Å². The van der Waals surface area contributed by atoms with Gasteiger partial charge in [0.25, 0.3) is 0 Å². The topological polar surface area (TPSA) is 105 Å². The number of rotatable bonds is 13. The summed E-state index contributed by atoms with van der Waals surface area (Å²) in [5.74, 6) is -0.308. The van der Waals surface area contributed by atoms with Crippen molar-refractivity contribution in [1.82, 2.24) is 10.2 Å². The summed E-state index contributed by atoms with van der Waals surface area (Å²) in [4.78, 5) is 29.1. The number of nitrogens with zero attached hydrogens (tertiary/aromatic N) is 2. The maximum atomic E-state index is 14.2. The third kappa shape index (κ3) is 8.77. The Morgan fingerprint density at radius 3 is 2.17 bits per heavy atom. The van der Waals surface area contributed by atoms with Gasteiger partial charge in [-0.1, -0.05) is 59.6 Å². The first-order chi connectivity index (χ1) is 19.8. The van der Waals surface area contributed by atoms with E-state index < -0.39 is 28.5 Å². The van der Waals surface area contributed by atoms with E-state index >= 15 is 0 Å². The van der Waals surface area contributed by atoms with Gasteiger partial charge in [-0.2, -0.15) is 0 Å². The minimum atomic E-state index is -3.96. The molecule has 0 radical (unpaired) electrons. The number of amides is 2. The average Bonchev–Trinajstić information content (AvgIpc) is 2.93. The summed E-state index contributed by atoms with van der Waals surface area (Å²) in [6.45, 7) is 2.99. The second-order valence-corrected chi connectivity index (χ2v) is 12.7. The number of anilines is 1. The molecule has 12 heteroatoms. The van der Waals surface area contributed by atoms with Gasteiger partial charge in [-0.05, 0) is 49.2 Å². The van der Waals surface area contributed by atoms with E-state index in [0.717, 1.165) is 16.1 Å². The molecule has 0 aromatic heterocycles. The van der Waals surface area contributed by atoms with Gasteiger partial charge in [-0.15, -0.1) is 0 Å². The Kier molecular flexibility index (Phi) is 11.5. The van der Waals surface area contributed by atoms with Crippen molar-refractivity contribution >= 4 is 50.7 Å². The summed E-state index contributed by atoms with van der Waals surface area (Å²) in [5, 5.41) is 3.62. The lowest BCUT2D eigenvalue weighted by Gasteiger charge is -2.34. The van der Waals surface area contributed by atoms with E-state index in [4.69, 9.17) is 32.7 Å². The quantitative estimate of drug-likeness (QED) is 0.285. The first kappa shape index (κ1) is 33.0. The normalized spacial score (nSPS) is 12.0. The Bertz CT molecular complexity index is 1500. The number of hydrogen-bond acceptors (Lipinski definition) is 6. The SMILES string of the molecule is COc1ccc(N(CC(=O)N(Cc2ccc(Cl)cc2Cl)[C@H](Cc2ccccc2)C(=O)NC(C)C)S(C)(=O)=O)cc1OC. The molecule has 1 N–H and O–H groups in total. The van der Waals surface area contributed by atoms with Crippen molar-refractivity contribution in [3.63, 3.8) is 0 Å². The van der Waals surface area contributed by atoms with Crippen molar-refractivity contribution in [2.75, 3.05) is 31.3 Å². The largest absolute Gasteiger partial charge is 0.493 e. The summed E-state index contributed by atoms with van der Waals surface area (Å²) < 4.78 is 37.6. The fraction of sp³-hybridized carbons (Fsp3) is 0.333. The van der Waals surface area contributed by atoms with Crippen molar-refractivity contribution < 1.29 is 27.5 Å². The number of ether oxygens (including phenoxy) is 2. The lowest BCUT2D eigenvalue weighted by Crippen LogP contribution is -2.54. The van der Waals surface area contributed by atoms with Crippen molar-refractivity contribution in [3.05, 3.63) is 87.9 Å². The highest BCUT2D eigenvalue weighted by Crippen LogP contribution is 2.33. The molecule has 0 heterocycles. The van der Waals surface area contributed by atoms with Gasteiger partial charge in [0.1, 0.15) is 12.6 Å². The molecule has 2 amide bonds. The van der Waals surface area contributed by atoms with Gasteiger partial charge in [0, 0.05) is 35.1 Å². The van der Waals surface area contributed by atoms with Crippen molar-refractivity contribution in [1.29, 1.82) is 0 Å². The van der Waals surface area contributed by atoms with Crippen LogP contribution in [0.1, 0.15) is 25.0 Å². The summed E-state index contributed by atoms with van der Waals surface area (Å²) in [7, 11) is -1.07. The number of sulfonamides is 1. The number of halogens is 2. The standard InChI is InChI=1S/C30H35Cl2N3O6S/c1-20(2)33-30(37)26(15-21-9-7-6-8-10-21)34(18-22-11-12-23(31)16-25(22)32)29(36)19-35(42(5,38)39)24-13-14-27(40-3)28(17-24)41-4/h6-14,16-17,20,26H,15,18-19H2,1-5H3,(H,33,37)/t26-/m1/s1. The molecule has 3 aromatic carbocycles. The summed E-state index contributed by atoms with van der Waals surface area (Å²) in [5.41, 5.74) is 1.56. The zero-order valence-corrected chi connectivity index (χ0v) is 26.5. The van der Waals surface area contributed by atoms with Gasteiger partial charge in [0.15, 0.2) is 11.5 Å². The highest BCUT2D eigenvalue weighted by atomic mass is 35.5. The van der Waals surface area contributed by atoms with Gasteiger partial charge in [-0.25, -0.2) is 8.42 Å². The predicted molar refractivity (Wildman–Crippen MR) is 166 cm³/mol. The van der Waals surface area contributed by atoms with E-state index in [1.165, 1.54) is 31.3 Å². The van der Waals surface area contributed by atoms with Crippen molar-refractivity contribution in [3.8, 4) is 11.5 Å². The first-order valence-electron chi connectivity index (χ1n) is 13.1. The molecule has 0 saturated carbocycles. The van der Waals surface area contributed by atoms with Gasteiger partial charge in [0.05, 0.1) is 26.2 Å². The predicted octanol–water partition coefficient (Wildman–Crippen LogP) is 4.94. The number of carbonyl (C=O) groups excluding carboxylic acids is 2. The van der Waals surface area contributed by atoms with Crippen LogP contribution in [0.25, 0.3) is 0 Å². The zero-order valence-electron chi connectivity index (χ0n) is 24.1. The van der Waals surface area contributed by atoms with Crippen LogP contribution in [0.15, 0.2) is 66.7 Å². The van der Waals surface area contributed by atoms with Crippen LogP contribution >= 0.6 is 23.2 Å². The Labute approximate surface area is 257 Å². The average molecular weight is 637 g/mol. The molecule has 0 saturated heterocycles. The molecule has 9 nitrogen and oxygen atoms in total. The molecule has 0 aliphatic heterocycles. The van der Waals surface area contributed by atoms with E-state index in [9.17, 15) is 18.0 Å². The van der Waals surface area contributed by atoms with E-state index in [-0.39, 0.29) is 30.6 Å². The molecule has 0 aliphatic carbocycles. The van der Waals surface area contributed by atoms with Gasteiger partial charge in [0.2, 0.25) is 21.8 Å². The maximum absolute atomic E-state index is 14.2. The minimum Gasteiger partial charge on any atom is -0.493 e. The fourth-order valence-electron chi connectivity index (χ4n) is 4.36. The lowest BCUT2D eigenvalue weighted by atomic mass is 10.0. The van der Waals surface area contributed by atoms with Crippen LogP contribution in [0, 0.1) is 0 Å². The zero-order chi connectivity index (χ0) is 31.0.